The molecule has 1 N–H and O–H groups in total. The first-order chi connectivity index (χ1) is 10.8. The van der Waals surface area contributed by atoms with E-state index in [-0.39, 0.29) is 35.5 Å². The lowest BCUT2D eigenvalue weighted by Crippen LogP contribution is -2.42. The predicted octanol–water partition coefficient (Wildman–Crippen LogP) is 0.794. The zero-order valence-corrected chi connectivity index (χ0v) is 13.4. The second-order valence-electron chi connectivity index (χ2n) is 5.30. The lowest BCUT2D eigenvalue weighted by Gasteiger charge is -2.21. The monoisotopic (exact) mass is 361 g/mol. The third-order valence-electron chi connectivity index (χ3n) is 3.90. The number of nitrogens with zero attached hydrogens (tertiary/aromatic N) is 2. The molecule has 0 bridgehead atoms. The number of amides is 3. The molecule has 0 aromatic heterocycles. The summed E-state index contributed by atoms with van der Waals surface area (Å²) in [4.78, 5) is 24.3. The average molecular weight is 362 g/mol. The molecule has 124 valence electrons. The van der Waals surface area contributed by atoms with Crippen molar-refractivity contribution in [3.8, 4) is 0 Å². The summed E-state index contributed by atoms with van der Waals surface area (Å²) in [5, 5.41) is 2.12. The minimum atomic E-state index is -3.86. The number of carbonyl (C=O) groups excluding carboxylic acids is 2. The third kappa shape index (κ3) is 2.79. The molecule has 2 aliphatic heterocycles. The number of nitrogens with one attached hydrogen (secondary N) is 1. The van der Waals surface area contributed by atoms with E-state index in [1.807, 2.05) is 0 Å². The van der Waals surface area contributed by atoms with Crippen LogP contribution in [0.15, 0.2) is 23.1 Å². The quantitative estimate of drug-likeness (QED) is 0.806. The van der Waals surface area contributed by atoms with Crippen LogP contribution in [-0.4, -0.2) is 55.2 Å². The maximum atomic E-state index is 13.2. The highest BCUT2D eigenvalue weighted by molar-refractivity contribution is 7.89. The number of hydrogen-bond donors (Lipinski definition) is 1. The van der Waals surface area contributed by atoms with Crippen molar-refractivity contribution < 1.29 is 22.4 Å². The predicted molar refractivity (Wildman–Crippen MR) is 78.8 cm³/mol. The lowest BCUT2D eigenvalue weighted by atomic mass is 10.2. The highest BCUT2D eigenvalue weighted by atomic mass is 35.5. The molecule has 1 aromatic rings. The number of benzene rings is 1. The molecule has 1 aromatic carbocycles. The standard InChI is InChI=1S/C13H13ClFN3O4S/c14-10-5-9(1-2-11(10)15)23(21,22)17-4-3-8(7-17)18-12(19)6-16-13(18)20/h1-2,5,8H,3-4,6-7H2,(H,16,20). The Morgan fingerprint density at radius 2 is 2.04 bits per heavy atom. The molecule has 0 radical (unpaired) electrons. The van der Waals surface area contributed by atoms with Crippen molar-refractivity contribution in [2.75, 3.05) is 19.6 Å². The first kappa shape index (κ1) is 16.2. The van der Waals surface area contributed by atoms with Crippen LogP contribution in [0.25, 0.3) is 0 Å². The van der Waals surface area contributed by atoms with E-state index in [4.69, 9.17) is 11.6 Å². The van der Waals surface area contributed by atoms with Crippen molar-refractivity contribution in [2.45, 2.75) is 17.4 Å². The van der Waals surface area contributed by atoms with E-state index in [1.165, 1.54) is 4.31 Å². The van der Waals surface area contributed by atoms with Crippen molar-refractivity contribution in [3.05, 3.63) is 29.0 Å². The number of rotatable bonds is 3. The van der Waals surface area contributed by atoms with Crippen molar-refractivity contribution in [1.29, 1.82) is 0 Å². The van der Waals surface area contributed by atoms with Gasteiger partial charge in [-0.25, -0.2) is 17.6 Å². The highest BCUT2D eigenvalue weighted by Crippen LogP contribution is 2.27. The minimum Gasteiger partial charge on any atom is -0.329 e. The molecule has 1 unspecified atom stereocenters. The third-order valence-corrected chi connectivity index (χ3v) is 6.05. The summed E-state index contributed by atoms with van der Waals surface area (Å²) >= 11 is 5.63. The van der Waals surface area contributed by atoms with E-state index < -0.39 is 27.9 Å². The number of urea groups is 1. The highest BCUT2D eigenvalue weighted by Gasteiger charge is 2.41. The van der Waals surface area contributed by atoms with E-state index >= 15 is 0 Å². The number of carbonyl (C=O) groups is 2. The number of halogens is 2. The van der Waals surface area contributed by atoms with E-state index in [1.54, 1.807) is 0 Å². The van der Waals surface area contributed by atoms with Gasteiger partial charge in [0.05, 0.1) is 22.5 Å². The normalized spacial score (nSPS) is 22.7. The first-order valence-electron chi connectivity index (χ1n) is 6.86. The second-order valence-corrected chi connectivity index (χ2v) is 7.65. The molecule has 2 aliphatic rings. The van der Waals surface area contributed by atoms with Crippen LogP contribution in [0, 0.1) is 5.82 Å². The Kier molecular flexibility index (Phi) is 4.03. The van der Waals surface area contributed by atoms with Gasteiger partial charge in [0.2, 0.25) is 15.9 Å². The molecule has 2 saturated heterocycles. The van der Waals surface area contributed by atoms with Crippen molar-refractivity contribution in [1.82, 2.24) is 14.5 Å². The van der Waals surface area contributed by atoms with Crippen LogP contribution in [0.1, 0.15) is 6.42 Å². The molecule has 0 aliphatic carbocycles. The molecule has 7 nitrogen and oxygen atoms in total. The molecule has 2 fully saturated rings. The van der Waals surface area contributed by atoms with Gasteiger partial charge in [0, 0.05) is 13.1 Å². The molecule has 1 atom stereocenters. The molecule has 2 heterocycles. The fourth-order valence-corrected chi connectivity index (χ4v) is 4.49. The summed E-state index contributed by atoms with van der Waals surface area (Å²) in [5.74, 6) is -1.08. The SMILES string of the molecule is O=C1CNC(=O)N1C1CCN(S(=O)(=O)c2ccc(F)c(Cl)c2)C1. The van der Waals surface area contributed by atoms with Gasteiger partial charge in [0.1, 0.15) is 5.82 Å². The molecule has 0 saturated carbocycles. The summed E-state index contributed by atoms with van der Waals surface area (Å²) in [6.07, 6.45) is 0.354. The van der Waals surface area contributed by atoms with Gasteiger partial charge in [-0.1, -0.05) is 11.6 Å². The Morgan fingerprint density at radius 3 is 2.65 bits per heavy atom. The van der Waals surface area contributed by atoms with Crippen LogP contribution < -0.4 is 5.32 Å². The Labute approximate surface area is 137 Å². The van der Waals surface area contributed by atoms with Crippen LogP contribution in [0.5, 0.6) is 0 Å². The molecular weight excluding hydrogens is 349 g/mol. The summed E-state index contributed by atoms with van der Waals surface area (Å²) in [6, 6.07) is 2.16. The van der Waals surface area contributed by atoms with E-state index in [0.29, 0.717) is 6.42 Å². The maximum Gasteiger partial charge on any atom is 0.324 e. The molecule has 10 heteroatoms. The fraction of sp³-hybridized carbons (Fsp3) is 0.385. The van der Waals surface area contributed by atoms with Gasteiger partial charge in [0.15, 0.2) is 0 Å². The van der Waals surface area contributed by atoms with Gasteiger partial charge in [0.25, 0.3) is 0 Å². The Morgan fingerprint density at radius 1 is 1.30 bits per heavy atom. The number of hydrogen-bond acceptors (Lipinski definition) is 4. The Bertz CT molecular complexity index is 769. The summed E-state index contributed by atoms with van der Waals surface area (Å²) < 4.78 is 39.5. The average Bonchev–Trinajstić information content (AvgIpc) is 3.09. The zero-order chi connectivity index (χ0) is 16.8. The second kappa shape index (κ2) is 5.73. The largest absolute Gasteiger partial charge is 0.329 e. The Balaban J connectivity index is 1.81. The summed E-state index contributed by atoms with van der Waals surface area (Å²) in [5.41, 5.74) is 0. The van der Waals surface area contributed by atoms with Crippen LogP contribution >= 0.6 is 11.6 Å². The molecular formula is C13H13ClFN3O4S. The summed E-state index contributed by atoms with van der Waals surface area (Å²) in [6.45, 7) is 0.102. The van der Waals surface area contributed by atoms with E-state index in [0.717, 1.165) is 23.1 Å². The summed E-state index contributed by atoms with van der Waals surface area (Å²) in [7, 11) is -3.86. The van der Waals surface area contributed by atoms with Gasteiger partial charge < -0.3 is 5.32 Å². The first-order valence-corrected chi connectivity index (χ1v) is 8.67. The van der Waals surface area contributed by atoms with Crippen molar-refractivity contribution >= 4 is 33.6 Å². The van der Waals surface area contributed by atoms with E-state index in [9.17, 15) is 22.4 Å². The number of imide groups is 1. The van der Waals surface area contributed by atoms with Crippen LogP contribution in [0.2, 0.25) is 5.02 Å². The number of sulfonamides is 1. The van der Waals surface area contributed by atoms with Crippen LogP contribution in [0.3, 0.4) is 0 Å². The smallest absolute Gasteiger partial charge is 0.324 e. The van der Waals surface area contributed by atoms with Gasteiger partial charge in [-0.2, -0.15) is 4.31 Å². The van der Waals surface area contributed by atoms with Crippen LogP contribution in [0.4, 0.5) is 9.18 Å². The van der Waals surface area contributed by atoms with Crippen LogP contribution in [-0.2, 0) is 14.8 Å². The Hall–Kier alpha value is -1.71. The lowest BCUT2D eigenvalue weighted by molar-refractivity contribution is -0.126. The van der Waals surface area contributed by atoms with Gasteiger partial charge in [-0.15, -0.1) is 0 Å². The van der Waals surface area contributed by atoms with E-state index in [2.05, 4.69) is 5.32 Å². The van der Waals surface area contributed by atoms with Gasteiger partial charge in [-0.05, 0) is 24.6 Å². The molecule has 0 spiro atoms. The minimum absolute atomic E-state index is 0.0104. The molecule has 3 amide bonds. The maximum absolute atomic E-state index is 13.2. The van der Waals surface area contributed by atoms with Gasteiger partial charge in [-0.3, -0.25) is 9.69 Å². The van der Waals surface area contributed by atoms with Crippen molar-refractivity contribution in [3.63, 3.8) is 0 Å². The molecule has 23 heavy (non-hydrogen) atoms. The topological polar surface area (TPSA) is 86.8 Å². The van der Waals surface area contributed by atoms with Crippen molar-refractivity contribution in [2.24, 2.45) is 0 Å². The molecule has 3 rings (SSSR count). The zero-order valence-electron chi connectivity index (χ0n) is 11.8. The van der Waals surface area contributed by atoms with Gasteiger partial charge >= 0.3 is 6.03 Å². The fourth-order valence-electron chi connectivity index (χ4n) is 2.73.